The quantitative estimate of drug-likeness (QED) is 0.175. The van der Waals surface area contributed by atoms with Gasteiger partial charge in [0, 0.05) is 22.3 Å². The number of rotatable bonds is 8. The van der Waals surface area contributed by atoms with E-state index in [1.807, 2.05) is 0 Å². The van der Waals surface area contributed by atoms with Gasteiger partial charge in [-0.25, -0.2) is 0 Å². The summed E-state index contributed by atoms with van der Waals surface area (Å²) in [5.41, 5.74) is 9.24. The molecule has 0 atom stereocenters. The van der Waals surface area contributed by atoms with E-state index < -0.39 is 11.2 Å². The second-order valence-electron chi connectivity index (χ2n) is 13.6. The molecule has 2 heteroatoms. The van der Waals surface area contributed by atoms with Crippen molar-refractivity contribution >= 4 is 21.5 Å². The van der Waals surface area contributed by atoms with Gasteiger partial charge >= 0.3 is 0 Å². The summed E-state index contributed by atoms with van der Waals surface area (Å²) in [4.78, 5) is 0. The van der Waals surface area contributed by atoms with Crippen LogP contribution in [0.2, 0.25) is 0 Å². The van der Waals surface area contributed by atoms with E-state index in [0.717, 1.165) is 116 Å². The van der Waals surface area contributed by atoms with Crippen molar-refractivity contribution in [3.63, 3.8) is 0 Å². The molecule has 0 aliphatic heterocycles. The summed E-state index contributed by atoms with van der Waals surface area (Å²) in [5.74, 6) is 0. The van der Waals surface area contributed by atoms with Crippen LogP contribution >= 0.6 is 0 Å². The highest BCUT2D eigenvalue weighted by atomic mass is 16.3. The van der Waals surface area contributed by atoms with E-state index in [1.165, 1.54) is 11.1 Å². The van der Waals surface area contributed by atoms with Gasteiger partial charge in [-0.05, 0) is 129 Å². The van der Waals surface area contributed by atoms with Crippen molar-refractivity contribution < 1.29 is 10.2 Å². The molecule has 0 unspecified atom stereocenters. The van der Waals surface area contributed by atoms with E-state index >= 15 is 0 Å². The third-order valence-electron chi connectivity index (χ3n) is 11.1. The van der Waals surface area contributed by atoms with Crippen LogP contribution < -0.4 is 0 Å². The van der Waals surface area contributed by atoms with Gasteiger partial charge in [0.2, 0.25) is 0 Å². The molecule has 0 saturated heterocycles. The Labute approximate surface area is 286 Å². The van der Waals surface area contributed by atoms with Crippen LogP contribution in [0.1, 0.15) is 108 Å². The number of benzene rings is 6. The Morgan fingerprint density at radius 1 is 0.375 bits per heavy atom. The SMILES string of the molecule is CCc1cc(CC)c(C2(O)c3cc4ccccc4cc3C(O)(c3c(CC)cc(CC)cc3CC)c3cc4ccccc4cc32)c(CC)c1. The third kappa shape index (κ3) is 4.68. The smallest absolute Gasteiger partial charge is 0.141 e. The maximum absolute atomic E-state index is 14.0. The van der Waals surface area contributed by atoms with E-state index in [9.17, 15) is 10.2 Å². The van der Waals surface area contributed by atoms with Gasteiger partial charge in [0.15, 0.2) is 0 Å². The summed E-state index contributed by atoms with van der Waals surface area (Å²) >= 11 is 0. The molecule has 2 N–H and O–H groups in total. The second-order valence-corrected chi connectivity index (χ2v) is 13.6. The highest BCUT2D eigenvalue weighted by Crippen LogP contribution is 2.57. The number of hydrogen-bond acceptors (Lipinski definition) is 2. The van der Waals surface area contributed by atoms with Crippen molar-refractivity contribution in [1.29, 1.82) is 0 Å². The minimum atomic E-state index is -1.49. The maximum Gasteiger partial charge on any atom is 0.141 e. The van der Waals surface area contributed by atoms with E-state index in [2.05, 4.69) is 139 Å². The molecular weight excluding hydrogens is 585 g/mol. The summed E-state index contributed by atoms with van der Waals surface area (Å²) in [6, 6.07) is 34.6. The molecule has 6 aromatic rings. The van der Waals surface area contributed by atoms with Gasteiger partial charge in [0.1, 0.15) is 11.2 Å². The van der Waals surface area contributed by atoms with E-state index in [0.29, 0.717) is 0 Å². The van der Waals surface area contributed by atoms with Gasteiger partial charge in [-0.3, -0.25) is 0 Å². The molecule has 0 spiro atoms. The van der Waals surface area contributed by atoms with Crippen LogP contribution in [0.4, 0.5) is 0 Å². The summed E-state index contributed by atoms with van der Waals surface area (Å²) in [6.45, 7) is 13.2. The van der Waals surface area contributed by atoms with Crippen molar-refractivity contribution in [2.24, 2.45) is 0 Å². The zero-order valence-corrected chi connectivity index (χ0v) is 29.4. The fourth-order valence-electron chi connectivity index (χ4n) is 8.64. The van der Waals surface area contributed by atoms with Crippen LogP contribution in [-0.2, 0) is 49.7 Å². The molecule has 0 aromatic heterocycles. The molecule has 6 aromatic carbocycles. The van der Waals surface area contributed by atoms with E-state index in [1.54, 1.807) is 0 Å². The molecule has 0 heterocycles. The summed E-state index contributed by atoms with van der Waals surface area (Å²) < 4.78 is 0. The van der Waals surface area contributed by atoms with Crippen LogP contribution in [0.15, 0.2) is 97.1 Å². The Morgan fingerprint density at radius 2 is 0.625 bits per heavy atom. The average Bonchev–Trinajstić information content (AvgIpc) is 3.14. The molecule has 2 nitrogen and oxygen atoms in total. The molecule has 0 fully saturated rings. The zero-order valence-electron chi connectivity index (χ0n) is 29.4. The Hall–Kier alpha value is -4.24. The minimum absolute atomic E-state index is 0.767. The van der Waals surface area contributed by atoms with Gasteiger partial charge in [-0.2, -0.15) is 0 Å². The summed E-state index contributed by atoms with van der Waals surface area (Å²) in [7, 11) is 0. The topological polar surface area (TPSA) is 40.5 Å². The molecule has 0 bridgehead atoms. The van der Waals surface area contributed by atoms with Crippen molar-refractivity contribution in [1.82, 2.24) is 0 Å². The molecule has 244 valence electrons. The number of hydrogen-bond donors (Lipinski definition) is 2. The number of aliphatic hydroxyl groups is 2. The Bertz CT molecular complexity index is 1890. The number of fused-ring (bicyclic) bond motifs is 4. The molecule has 1 aliphatic carbocycles. The summed E-state index contributed by atoms with van der Waals surface area (Å²) in [6.07, 6.45) is 5.07. The van der Waals surface area contributed by atoms with Gasteiger partial charge in [-0.15, -0.1) is 0 Å². The van der Waals surface area contributed by atoms with Crippen LogP contribution in [0.5, 0.6) is 0 Å². The van der Waals surface area contributed by atoms with Gasteiger partial charge in [0.05, 0.1) is 0 Å². The first-order valence-electron chi connectivity index (χ1n) is 18.1. The first-order chi connectivity index (χ1) is 23.3. The molecule has 1 aliphatic rings. The molecule has 0 amide bonds. The Morgan fingerprint density at radius 3 is 0.833 bits per heavy atom. The molecule has 7 rings (SSSR count). The van der Waals surface area contributed by atoms with Gasteiger partial charge in [0.25, 0.3) is 0 Å². The highest BCUT2D eigenvalue weighted by Gasteiger charge is 2.53. The largest absolute Gasteiger partial charge is 0.376 e. The fraction of sp³-hybridized carbons (Fsp3) is 0.304. The zero-order chi connectivity index (χ0) is 33.8. The van der Waals surface area contributed by atoms with Crippen molar-refractivity contribution in [3.8, 4) is 0 Å². The van der Waals surface area contributed by atoms with E-state index in [4.69, 9.17) is 0 Å². The highest BCUT2D eigenvalue weighted by molar-refractivity contribution is 5.90. The lowest BCUT2D eigenvalue weighted by Gasteiger charge is -2.47. The van der Waals surface area contributed by atoms with Crippen LogP contribution in [-0.4, -0.2) is 10.2 Å². The molecule has 0 radical (unpaired) electrons. The second kappa shape index (κ2) is 12.3. The molecule has 48 heavy (non-hydrogen) atoms. The average molecular weight is 633 g/mol. The van der Waals surface area contributed by atoms with Gasteiger partial charge < -0.3 is 10.2 Å². The Balaban J connectivity index is 1.74. The monoisotopic (exact) mass is 632 g/mol. The predicted molar refractivity (Wildman–Crippen MR) is 201 cm³/mol. The fourth-order valence-corrected chi connectivity index (χ4v) is 8.64. The predicted octanol–water partition coefficient (Wildman–Crippen LogP) is 10.2. The van der Waals surface area contributed by atoms with Crippen LogP contribution in [0.25, 0.3) is 21.5 Å². The lowest BCUT2D eigenvalue weighted by molar-refractivity contribution is 0.0734. The van der Waals surface area contributed by atoms with Crippen molar-refractivity contribution in [2.45, 2.75) is 91.3 Å². The first-order valence-corrected chi connectivity index (χ1v) is 18.1. The van der Waals surface area contributed by atoms with Crippen molar-refractivity contribution in [2.75, 3.05) is 0 Å². The third-order valence-corrected chi connectivity index (χ3v) is 11.1. The standard InChI is InChI=1S/C46H48O2/c1-7-29-21-31(9-3)43(32(10-4)22-29)45(47)39-25-35-17-13-15-19-37(35)27-41(39)46(48,42-28-38-20-16-14-18-36(38)26-40(42)45)44-33(11-5)23-30(8-2)24-34(44)12-6/h13-28,47-48H,7-12H2,1-6H3. The molecular formula is C46H48O2. The molecule has 0 saturated carbocycles. The van der Waals surface area contributed by atoms with Crippen LogP contribution in [0, 0.1) is 0 Å². The minimum Gasteiger partial charge on any atom is -0.376 e. The lowest BCUT2D eigenvalue weighted by atomic mass is 9.60. The summed E-state index contributed by atoms with van der Waals surface area (Å²) in [5, 5.41) is 32.1. The van der Waals surface area contributed by atoms with E-state index in [-0.39, 0.29) is 0 Å². The first kappa shape index (κ1) is 32.3. The van der Waals surface area contributed by atoms with Crippen LogP contribution in [0.3, 0.4) is 0 Å². The normalized spacial score (nSPS) is 18.7. The van der Waals surface area contributed by atoms with Crippen molar-refractivity contribution in [3.05, 3.63) is 164 Å². The maximum atomic E-state index is 14.0. The lowest BCUT2D eigenvalue weighted by Crippen LogP contribution is -2.46. The van der Waals surface area contributed by atoms with Gasteiger partial charge in [-0.1, -0.05) is 114 Å². The Kier molecular flexibility index (Phi) is 8.30. The number of aryl methyl sites for hydroxylation is 6.